The van der Waals surface area contributed by atoms with E-state index in [2.05, 4.69) is 12.1 Å². The van der Waals surface area contributed by atoms with Gasteiger partial charge in [-0.3, -0.25) is 9.59 Å². The van der Waals surface area contributed by atoms with Crippen LogP contribution in [-0.2, 0) is 16.0 Å². The molecule has 1 aliphatic rings. The fourth-order valence-corrected chi connectivity index (χ4v) is 2.79. The molecular formula is C16H22N2O3. The molecule has 5 heteroatoms. The minimum Gasteiger partial charge on any atom is -0.480 e. The first-order valence-corrected chi connectivity index (χ1v) is 7.30. The molecule has 0 bridgehead atoms. The van der Waals surface area contributed by atoms with Crippen LogP contribution in [0.15, 0.2) is 24.3 Å². The first-order valence-electron chi connectivity index (χ1n) is 7.30. The third-order valence-corrected chi connectivity index (χ3v) is 4.16. The molecule has 1 saturated heterocycles. The standard InChI is InChI=1S/C16H22N2O3/c1-11(19)18-8-6-14(7-9-18)13-4-2-12(3-5-13)10-15(17)16(20)21/h2-5,14-15H,6-10,17H2,1H3,(H,20,21)/t15-/m0/s1. The number of piperidine rings is 1. The van der Waals surface area contributed by atoms with E-state index >= 15 is 0 Å². The van der Waals surface area contributed by atoms with Crippen molar-refractivity contribution in [1.82, 2.24) is 4.90 Å². The normalized spacial score (nSPS) is 17.5. The molecule has 1 aromatic rings. The zero-order valence-electron chi connectivity index (χ0n) is 12.3. The Hall–Kier alpha value is -1.88. The first-order chi connectivity index (χ1) is 9.97. The van der Waals surface area contributed by atoms with Crippen LogP contribution in [-0.4, -0.2) is 41.0 Å². The van der Waals surface area contributed by atoms with Gasteiger partial charge in [0.25, 0.3) is 0 Å². The van der Waals surface area contributed by atoms with Crippen LogP contribution in [0.2, 0.25) is 0 Å². The smallest absolute Gasteiger partial charge is 0.320 e. The molecule has 0 radical (unpaired) electrons. The quantitative estimate of drug-likeness (QED) is 0.877. The number of amides is 1. The molecule has 2 rings (SSSR count). The largest absolute Gasteiger partial charge is 0.480 e. The van der Waals surface area contributed by atoms with Gasteiger partial charge in [-0.25, -0.2) is 0 Å². The number of nitrogens with zero attached hydrogens (tertiary/aromatic N) is 1. The Kier molecular flexibility index (Phi) is 4.96. The van der Waals surface area contributed by atoms with E-state index in [1.165, 1.54) is 5.56 Å². The van der Waals surface area contributed by atoms with Crippen LogP contribution >= 0.6 is 0 Å². The van der Waals surface area contributed by atoms with Crippen molar-refractivity contribution in [3.8, 4) is 0 Å². The highest BCUT2D eigenvalue weighted by Crippen LogP contribution is 2.28. The molecule has 1 amide bonds. The van der Waals surface area contributed by atoms with Gasteiger partial charge in [-0.15, -0.1) is 0 Å². The zero-order valence-corrected chi connectivity index (χ0v) is 12.3. The second kappa shape index (κ2) is 6.72. The fourth-order valence-electron chi connectivity index (χ4n) is 2.79. The Balaban J connectivity index is 1.94. The topological polar surface area (TPSA) is 83.6 Å². The van der Waals surface area contributed by atoms with Crippen molar-refractivity contribution < 1.29 is 14.7 Å². The maximum absolute atomic E-state index is 11.3. The third-order valence-electron chi connectivity index (χ3n) is 4.16. The zero-order chi connectivity index (χ0) is 15.4. The molecule has 1 aliphatic heterocycles. The monoisotopic (exact) mass is 290 g/mol. The number of nitrogens with two attached hydrogens (primary N) is 1. The maximum Gasteiger partial charge on any atom is 0.320 e. The fraction of sp³-hybridized carbons (Fsp3) is 0.500. The second-order valence-corrected chi connectivity index (χ2v) is 5.67. The summed E-state index contributed by atoms with van der Waals surface area (Å²) >= 11 is 0. The van der Waals surface area contributed by atoms with Crippen molar-refractivity contribution in [1.29, 1.82) is 0 Å². The van der Waals surface area contributed by atoms with Crippen molar-refractivity contribution in [2.75, 3.05) is 13.1 Å². The summed E-state index contributed by atoms with van der Waals surface area (Å²) in [6.07, 6.45) is 2.31. The van der Waals surface area contributed by atoms with Crippen LogP contribution in [0.1, 0.15) is 36.8 Å². The van der Waals surface area contributed by atoms with Gasteiger partial charge >= 0.3 is 5.97 Å². The van der Waals surface area contributed by atoms with Crippen LogP contribution in [0.3, 0.4) is 0 Å². The van der Waals surface area contributed by atoms with Crippen LogP contribution in [0.25, 0.3) is 0 Å². The lowest BCUT2D eigenvalue weighted by molar-refractivity contribution is -0.138. The number of aliphatic carboxylic acids is 1. The molecule has 1 aromatic carbocycles. The van der Waals surface area contributed by atoms with Gasteiger partial charge in [-0.2, -0.15) is 0 Å². The van der Waals surface area contributed by atoms with Gasteiger partial charge in [0.05, 0.1) is 0 Å². The maximum atomic E-state index is 11.3. The lowest BCUT2D eigenvalue weighted by Crippen LogP contribution is -2.36. The van der Waals surface area contributed by atoms with Crippen LogP contribution in [0, 0.1) is 0 Å². The molecule has 21 heavy (non-hydrogen) atoms. The molecule has 0 spiro atoms. The van der Waals surface area contributed by atoms with Crippen LogP contribution in [0.5, 0.6) is 0 Å². The van der Waals surface area contributed by atoms with E-state index in [0.29, 0.717) is 12.3 Å². The molecule has 1 heterocycles. The highest BCUT2D eigenvalue weighted by atomic mass is 16.4. The number of carboxylic acids is 1. The second-order valence-electron chi connectivity index (χ2n) is 5.67. The molecule has 0 saturated carbocycles. The van der Waals surface area contributed by atoms with Crippen molar-refractivity contribution in [2.24, 2.45) is 5.73 Å². The van der Waals surface area contributed by atoms with Crippen LogP contribution < -0.4 is 5.73 Å². The summed E-state index contributed by atoms with van der Waals surface area (Å²) < 4.78 is 0. The van der Waals surface area contributed by atoms with E-state index in [4.69, 9.17) is 10.8 Å². The van der Waals surface area contributed by atoms with Crippen molar-refractivity contribution >= 4 is 11.9 Å². The summed E-state index contributed by atoms with van der Waals surface area (Å²) in [7, 11) is 0. The Bertz CT molecular complexity index is 505. The number of carbonyl (C=O) groups excluding carboxylic acids is 1. The summed E-state index contributed by atoms with van der Waals surface area (Å²) in [4.78, 5) is 23.9. The summed E-state index contributed by atoms with van der Waals surface area (Å²) in [5, 5.41) is 8.81. The summed E-state index contributed by atoms with van der Waals surface area (Å²) in [5.74, 6) is -0.357. The van der Waals surface area contributed by atoms with Crippen molar-refractivity contribution in [2.45, 2.75) is 38.1 Å². The first kappa shape index (κ1) is 15.5. The minimum atomic E-state index is -0.976. The molecule has 1 atom stereocenters. The van der Waals surface area contributed by atoms with Crippen LogP contribution in [0.4, 0.5) is 0 Å². The Morgan fingerprint density at radius 3 is 2.33 bits per heavy atom. The number of carbonyl (C=O) groups is 2. The Labute approximate surface area is 124 Å². The van der Waals surface area contributed by atoms with Gasteiger partial charge in [0.15, 0.2) is 0 Å². The van der Waals surface area contributed by atoms with Gasteiger partial charge < -0.3 is 15.7 Å². The van der Waals surface area contributed by atoms with E-state index in [1.807, 2.05) is 17.0 Å². The summed E-state index contributed by atoms with van der Waals surface area (Å²) in [6.45, 7) is 3.23. The molecule has 1 fully saturated rings. The molecule has 0 unspecified atom stereocenters. The minimum absolute atomic E-state index is 0.145. The van der Waals surface area contributed by atoms with E-state index in [1.54, 1.807) is 6.92 Å². The number of hydrogen-bond donors (Lipinski definition) is 2. The van der Waals surface area contributed by atoms with Crippen molar-refractivity contribution in [3.05, 3.63) is 35.4 Å². The average molecular weight is 290 g/mol. The molecule has 114 valence electrons. The van der Waals surface area contributed by atoms with E-state index in [-0.39, 0.29) is 5.91 Å². The lowest BCUT2D eigenvalue weighted by Gasteiger charge is -2.31. The molecular weight excluding hydrogens is 268 g/mol. The number of benzene rings is 1. The number of carboxylic acid groups (broad SMARTS) is 1. The van der Waals surface area contributed by atoms with Gasteiger partial charge in [-0.1, -0.05) is 24.3 Å². The van der Waals surface area contributed by atoms with E-state index in [0.717, 1.165) is 31.5 Å². The summed E-state index contributed by atoms with van der Waals surface area (Å²) in [5.41, 5.74) is 7.73. The predicted octanol–water partition coefficient (Wildman–Crippen LogP) is 1.37. The third kappa shape index (κ3) is 4.04. The number of hydrogen-bond acceptors (Lipinski definition) is 3. The van der Waals surface area contributed by atoms with Gasteiger partial charge in [-0.05, 0) is 36.3 Å². The predicted molar refractivity (Wildman–Crippen MR) is 80.0 cm³/mol. The van der Waals surface area contributed by atoms with Gasteiger partial charge in [0.1, 0.15) is 6.04 Å². The molecule has 0 aromatic heterocycles. The van der Waals surface area contributed by atoms with Crippen molar-refractivity contribution in [3.63, 3.8) is 0 Å². The Morgan fingerprint density at radius 1 is 1.29 bits per heavy atom. The molecule has 5 nitrogen and oxygen atoms in total. The van der Waals surface area contributed by atoms with Gasteiger partial charge in [0.2, 0.25) is 5.91 Å². The highest BCUT2D eigenvalue weighted by Gasteiger charge is 2.22. The van der Waals surface area contributed by atoms with E-state index < -0.39 is 12.0 Å². The summed E-state index contributed by atoms with van der Waals surface area (Å²) in [6, 6.07) is 7.16. The van der Waals surface area contributed by atoms with E-state index in [9.17, 15) is 9.59 Å². The molecule has 0 aliphatic carbocycles. The average Bonchev–Trinajstić information content (AvgIpc) is 2.48. The number of rotatable bonds is 4. The SMILES string of the molecule is CC(=O)N1CCC(c2ccc(C[C@H](N)C(=O)O)cc2)CC1. The highest BCUT2D eigenvalue weighted by molar-refractivity contribution is 5.73. The lowest BCUT2D eigenvalue weighted by atomic mass is 9.88. The Morgan fingerprint density at radius 2 is 1.86 bits per heavy atom. The molecule has 3 N–H and O–H groups in total. The number of likely N-dealkylation sites (tertiary alicyclic amines) is 1. The van der Waals surface area contributed by atoms with Gasteiger partial charge in [0, 0.05) is 20.0 Å².